The van der Waals surface area contributed by atoms with Gasteiger partial charge in [0.1, 0.15) is 17.3 Å². The largest absolute Gasteiger partial charge is 0.506 e. The predicted molar refractivity (Wildman–Crippen MR) is 141 cm³/mol. The maximum atomic E-state index is 12.6. The minimum atomic E-state index is -0.694. The molecule has 6 nitrogen and oxygen atoms in total. The van der Waals surface area contributed by atoms with Gasteiger partial charge in [0, 0.05) is 24.3 Å². The van der Waals surface area contributed by atoms with Crippen molar-refractivity contribution in [1.82, 2.24) is 4.98 Å². The third-order valence-electron chi connectivity index (χ3n) is 6.41. The average molecular weight is 486 g/mol. The number of aromatic nitrogens is 1. The molecule has 0 saturated carbocycles. The first-order valence-corrected chi connectivity index (χ1v) is 12.2. The van der Waals surface area contributed by atoms with Gasteiger partial charge in [0.25, 0.3) is 0 Å². The SMILES string of the molecule is COc1ccc(CC(=O)Cc2cccc(CCCCC(O)c3ccc(O)c4[nH]c(=O)ccc34)c2)cc1. The Bertz CT molecular complexity index is 1390. The van der Waals surface area contributed by atoms with E-state index in [1.165, 1.54) is 17.7 Å². The van der Waals surface area contributed by atoms with Crippen LogP contribution in [0.15, 0.2) is 77.6 Å². The van der Waals surface area contributed by atoms with Crippen LogP contribution < -0.4 is 10.3 Å². The number of ketones is 1. The van der Waals surface area contributed by atoms with Gasteiger partial charge in [0.15, 0.2) is 0 Å². The molecule has 1 aromatic heterocycles. The van der Waals surface area contributed by atoms with Gasteiger partial charge in [-0.2, -0.15) is 0 Å². The Hall–Kier alpha value is -3.90. The van der Waals surface area contributed by atoms with Crippen molar-refractivity contribution in [2.24, 2.45) is 0 Å². The van der Waals surface area contributed by atoms with E-state index in [0.717, 1.165) is 36.1 Å². The van der Waals surface area contributed by atoms with Crippen LogP contribution in [0, 0.1) is 0 Å². The molecule has 1 heterocycles. The maximum absolute atomic E-state index is 12.6. The van der Waals surface area contributed by atoms with Crippen molar-refractivity contribution in [2.75, 3.05) is 7.11 Å². The monoisotopic (exact) mass is 485 g/mol. The van der Waals surface area contributed by atoms with Crippen molar-refractivity contribution >= 4 is 16.7 Å². The Kier molecular flexibility index (Phi) is 8.18. The van der Waals surface area contributed by atoms with Gasteiger partial charge in [0.2, 0.25) is 5.56 Å². The molecule has 1 unspecified atom stereocenters. The number of aromatic hydroxyl groups is 1. The molecule has 0 fully saturated rings. The Morgan fingerprint density at radius 1 is 0.917 bits per heavy atom. The van der Waals surface area contributed by atoms with E-state index in [2.05, 4.69) is 17.1 Å². The molecule has 0 aliphatic heterocycles. The van der Waals surface area contributed by atoms with Gasteiger partial charge in [-0.05, 0) is 65.8 Å². The van der Waals surface area contributed by atoms with Gasteiger partial charge in [0.05, 0.1) is 18.7 Å². The molecule has 0 aliphatic rings. The standard InChI is InChI=1S/C30H31NO5/c1-36-24-11-9-21(10-12-24)18-23(32)19-22-7-4-6-20(17-22)5-2-3-8-27(33)25-13-15-28(34)30-26(25)14-16-29(35)31-30/h4,6-7,9-17,27,33-34H,2-3,5,8,18-19H2,1H3,(H,31,35). The fourth-order valence-electron chi connectivity index (χ4n) is 4.53. The molecule has 186 valence electrons. The number of aliphatic hydroxyl groups excluding tert-OH is 1. The minimum Gasteiger partial charge on any atom is -0.506 e. The second-order valence-electron chi connectivity index (χ2n) is 9.11. The van der Waals surface area contributed by atoms with Crippen molar-refractivity contribution in [1.29, 1.82) is 0 Å². The van der Waals surface area contributed by atoms with Crippen LogP contribution >= 0.6 is 0 Å². The number of aryl methyl sites for hydroxylation is 1. The number of ether oxygens (including phenoxy) is 1. The van der Waals surface area contributed by atoms with Crippen molar-refractivity contribution in [3.63, 3.8) is 0 Å². The van der Waals surface area contributed by atoms with Gasteiger partial charge in [-0.15, -0.1) is 0 Å². The highest BCUT2D eigenvalue weighted by molar-refractivity contribution is 5.87. The van der Waals surface area contributed by atoms with E-state index >= 15 is 0 Å². The molecule has 0 amide bonds. The van der Waals surface area contributed by atoms with Crippen LogP contribution in [-0.2, 0) is 24.1 Å². The van der Waals surface area contributed by atoms with Crippen molar-refractivity contribution in [3.05, 3.63) is 105 Å². The molecule has 6 heteroatoms. The first-order valence-electron chi connectivity index (χ1n) is 12.2. The summed E-state index contributed by atoms with van der Waals surface area (Å²) in [7, 11) is 1.62. The number of hydrogen-bond acceptors (Lipinski definition) is 5. The van der Waals surface area contributed by atoms with Gasteiger partial charge in [-0.3, -0.25) is 9.59 Å². The highest BCUT2D eigenvalue weighted by Gasteiger charge is 2.14. The van der Waals surface area contributed by atoms with Crippen molar-refractivity contribution in [3.8, 4) is 11.5 Å². The van der Waals surface area contributed by atoms with Crippen LogP contribution in [0.3, 0.4) is 0 Å². The topological polar surface area (TPSA) is 99.6 Å². The lowest BCUT2D eigenvalue weighted by atomic mass is 9.96. The van der Waals surface area contributed by atoms with E-state index in [1.54, 1.807) is 19.2 Å². The zero-order chi connectivity index (χ0) is 25.5. The third-order valence-corrected chi connectivity index (χ3v) is 6.41. The predicted octanol–water partition coefficient (Wildman–Crippen LogP) is 5.04. The van der Waals surface area contributed by atoms with Gasteiger partial charge >= 0.3 is 0 Å². The number of benzene rings is 3. The van der Waals surface area contributed by atoms with E-state index < -0.39 is 6.10 Å². The zero-order valence-electron chi connectivity index (χ0n) is 20.4. The highest BCUT2D eigenvalue weighted by Crippen LogP contribution is 2.31. The molecule has 3 N–H and O–H groups in total. The second kappa shape index (κ2) is 11.7. The Morgan fingerprint density at radius 3 is 2.44 bits per heavy atom. The first kappa shape index (κ1) is 25.2. The molecule has 36 heavy (non-hydrogen) atoms. The van der Waals surface area contributed by atoms with Crippen LogP contribution in [0.1, 0.15) is 47.6 Å². The number of Topliss-reactive ketones (excluding diaryl/α,β-unsaturated/α-hetero) is 1. The fourth-order valence-corrected chi connectivity index (χ4v) is 4.53. The Balaban J connectivity index is 1.28. The number of carbonyl (C=O) groups is 1. The van der Waals surface area contributed by atoms with Gasteiger partial charge in [-0.25, -0.2) is 0 Å². The normalized spacial score (nSPS) is 11.9. The molecule has 0 radical (unpaired) electrons. The van der Waals surface area contributed by atoms with Crippen LogP contribution in [0.5, 0.6) is 11.5 Å². The van der Waals surface area contributed by atoms with E-state index in [4.69, 9.17) is 4.74 Å². The summed E-state index contributed by atoms with van der Waals surface area (Å²) in [4.78, 5) is 26.8. The number of nitrogens with one attached hydrogen (secondary N) is 1. The average Bonchev–Trinajstić information content (AvgIpc) is 2.87. The number of carbonyl (C=O) groups excluding carboxylic acids is 1. The fraction of sp³-hybridized carbons (Fsp3) is 0.267. The summed E-state index contributed by atoms with van der Waals surface area (Å²) in [6.07, 6.45) is 3.23. The molecule has 0 spiro atoms. The number of methoxy groups -OCH3 is 1. The number of fused-ring (bicyclic) bond motifs is 1. The highest BCUT2D eigenvalue weighted by atomic mass is 16.5. The summed E-state index contributed by atoms with van der Waals surface area (Å²) in [6.45, 7) is 0. The van der Waals surface area contributed by atoms with Crippen LogP contribution in [0.2, 0.25) is 0 Å². The molecular formula is C30H31NO5. The molecule has 0 saturated heterocycles. The van der Waals surface area contributed by atoms with E-state index in [-0.39, 0.29) is 17.1 Å². The van der Waals surface area contributed by atoms with E-state index in [9.17, 15) is 19.8 Å². The van der Waals surface area contributed by atoms with Crippen LogP contribution in [0.4, 0.5) is 0 Å². The lowest BCUT2D eigenvalue weighted by Gasteiger charge is -2.14. The Morgan fingerprint density at radius 2 is 1.67 bits per heavy atom. The quantitative estimate of drug-likeness (QED) is 0.258. The summed E-state index contributed by atoms with van der Waals surface area (Å²) in [5.74, 6) is 0.933. The lowest BCUT2D eigenvalue weighted by molar-refractivity contribution is -0.117. The minimum absolute atomic E-state index is 0.0130. The maximum Gasteiger partial charge on any atom is 0.248 e. The van der Waals surface area contributed by atoms with Crippen molar-refractivity contribution < 1.29 is 19.7 Å². The van der Waals surface area contributed by atoms with Crippen LogP contribution in [0.25, 0.3) is 10.9 Å². The number of H-pyrrole nitrogens is 1. The number of aromatic amines is 1. The summed E-state index contributed by atoms with van der Waals surface area (Å²) in [5.41, 5.74) is 3.90. The molecule has 1 atom stereocenters. The van der Waals surface area contributed by atoms with Gasteiger partial charge < -0.3 is 19.9 Å². The molecular weight excluding hydrogens is 454 g/mol. The smallest absolute Gasteiger partial charge is 0.248 e. The van der Waals surface area contributed by atoms with Crippen molar-refractivity contribution in [2.45, 2.75) is 44.6 Å². The van der Waals surface area contributed by atoms with E-state index in [1.807, 2.05) is 36.4 Å². The number of hydrogen-bond donors (Lipinski definition) is 3. The summed E-state index contributed by atoms with van der Waals surface area (Å²) < 4.78 is 5.16. The number of rotatable bonds is 11. The number of aliphatic hydroxyl groups is 1. The molecule has 4 aromatic rings. The zero-order valence-corrected chi connectivity index (χ0v) is 20.4. The lowest BCUT2D eigenvalue weighted by Crippen LogP contribution is -2.07. The molecule has 0 aliphatic carbocycles. The summed E-state index contributed by atoms with van der Waals surface area (Å²) in [5, 5.41) is 21.4. The summed E-state index contributed by atoms with van der Waals surface area (Å²) in [6, 6.07) is 21.9. The summed E-state index contributed by atoms with van der Waals surface area (Å²) >= 11 is 0. The van der Waals surface area contributed by atoms with Gasteiger partial charge in [-0.1, -0.05) is 48.9 Å². The molecule has 0 bridgehead atoms. The number of unbranched alkanes of at least 4 members (excludes halogenated alkanes) is 1. The number of phenols is 1. The molecule has 4 rings (SSSR count). The third kappa shape index (κ3) is 6.40. The number of pyridine rings is 1. The van der Waals surface area contributed by atoms with Crippen LogP contribution in [-0.4, -0.2) is 28.1 Å². The molecule has 3 aromatic carbocycles. The second-order valence-corrected chi connectivity index (χ2v) is 9.11. The Labute approximate surface area is 210 Å². The first-order chi connectivity index (χ1) is 17.4. The number of phenolic OH excluding ortho intramolecular Hbond substituents is 1. The van der Waals surface area contributed by atoms with E-state index in [0.29, 0.717) is 35.7 Å².